The molecular formula is C22H30FN3O3. The number of urea groups is 1. The second kappa shape index (κ2) is 8.69. The first kappa shape index (κ1) is 20.1. The van der Waals surface area contributed by atoms with Crippen molar-refractivity contribution >= 4 is 17.7 Å². The first-order valence-corrected chi connectivity index (χ1v) is 10.8. The average Bonchev–Trinajstić information content (AvgIpc) is 2.93. The molecule has 1 aliphatic carbocycles. The molecule has 1 aromatic carbocycles. The number of carbonyl (C=O) groups excluding carboxylic acids is 1. The topological polar surface area (TPSA) is 72.9 Å². The van der Waals surface area contributed by atoms with Crippen molar-refractivity contribution in [1.29, 1.82) is 0 Å². The number of anilines is 1. The van der Waals surface area contributed by atoms with Gasteiger partial charge in [-0.15, -0.1) is 0 Å². The van der Waals surface area contributed by atoms with Crippen molar-refractivity contribution in [2.45, 2.75) is 57.4 Å². The quantitative estimate of drug-likeness (QED) is 0.792. The molecule has 3 aliphatic rings. The number of benzene rings is 1. The zero-order valence-electron chi connectivity index (χ0n) is 16.8. The van der Waals surface area contributed by atoms with Crippen molar-refractivity contribution in [2.75, 3.05) is 31.1 Å². The normalized spacial score (nSPS) is 25.1. The molecule has 2 aliphatic heterocycles. The molecule has 2 N–H and O–H groups in total. The zero-order chi connectivity index (χ0) is 20.4. The molecule has 1 aromatic rings. The molecule has 0 spiro atoms. The van der Waals surface area contributed by atoms with Crippen molar-refractivity contribution in [3.8, 4) is 0 Å². The van der Waals surface area contributed by atoms with Crippen LogP contribution in [0.3, 0.4) is 0 Å². The van der Waals surface area contributed by atoms with Gasteiger partial charge in [0.15, 0.2) is 0 Å². The van der Waals surface area contributed by atoms with Gasteiger partial charge in [0.2, 0.25) is 0 Å². The smallest absolute Gasteiger partial charge is 0.324 e. The third-order valence-electron chi connectivity index (χ3n) is 6.77. The van der Waals surface area contributed by atoms with Gasteiger partial charge in [0.05, 0.1) is 0 Å². The van der Waals surface area contributed by atoms with E-state index < -0.39 is 5.97 Å². The Kier molecular flexibility index (Phi) is 6.04. The Morgan fingerprint density at radius 1 is 1.14 bits per heavy atom. The van der Waals surface area contributed by atoms with Crippen LogP contribution in [0.2, 0.25) is 0 Å². The number of carbonyl (C=O) groups is 2. The average molecular weight is 403 g/mol. The molecule has 2 fully saturated rings. The fourth-order valence-electron chi connectivity index (χ4n) is 5.10. The maximum atomic E-state index is 14.7. The van der Waals surface area contributed by atoms with Gasteiger partial charge in [0.1, 0.15) is 5.82 Å². The summed E-state index contributed by atoms with van der Waals surface area (Å²) in [5, 5.41) is 12.2. The van der Waals surface area contributed by atoms with Crippen molar-refractivity contribution in [3.05, 3.63) is 29.1 Å². The van der Waals surface area contributed by atoms with Crippen LogP contribution in [0.25, 0.3) is 0 Å². The molecule has 0 radical (unpaired) electrons. The van der Waals surface area contributed by atoms with Crippen LogP contribution in [0.4, 0.5) is 14.9 Å². The standard InChI is InChI=1S/C22H30FN3O3/c23-20-14-18(13-16-7-9-24-10-8-19(16)20)26-12-11-25(22(26)29)17-4-1-15(2-5-17)3-6-21(27)28/h13-15,17,24H,1-12H2,(H,27,28). The summed E-state index contributed by atoms with van der Waals surface area (Å²) in [7, 11) is 0. The number of hydrogen-bond donors (Lipinski definition) is 2. The fourth-order valence-corrected chi connectivity index (χ4v) is 5.10. The van der Waals surface area contributed by atoms with E-state index in [-0.39, 0.29) is 24.3 Å². The summed E-state index contributed by atoms with van der Waals surface area (Å²) in [5.41, 5.74) is 2.46. The third kappa shape index (κ3) is 4.39. The molecule has 7 heteroatoms. The monoisotopic (exact) mass is 403 g/mol. The number of carboxylic acids is 1. The lowest BCUT2D eigenvalue weighted by atomic mass is 9.83. The van der Waals surface area contributed by atoms with Crippen molar-refractivity contribution in [1.82, 2.24) is 10.2 Å². The maximum absolute atomic E-state index is 14.7. The number of halogens is 1. The van der Waals surface area contributed by atoms with E-state index in [4.69, 9.17) is 5.11 Å². The van der Waals surface area contributed by atoms with Crippen molar-refractivity contribution < 1.29 is 19.1 Å². The number of fused-ring (bicyclic) bond motifs is 1. The number of nitrogens with zero attached hydrogens (tertiary/aromatic N) is 2. The summed E-state index contributed by atoms with van der Waals surface area (Å²) < 4.78 is 14.7. The molecular weight excluding hydrogens is 373 g/mol. The fraction of sp³-hybridized carbons (Fsp3) is 0.636. The summed E-state index contributed by atoms with van der Waals surface area (Å²) in [6.45, 7) is 2.88. The van der Waals surface area contributed by atoms with E-state index in [0.717, 1.165) is 62.7 Å². The van der Waals surface area contributed by atoms with Crippen LogP contribution in [0.1, 0.15) is 49.7 Å². The van der Waals surface area contributed by atoms with Crippen molar-refractivity contribution in [2.24, 2.45) is 5.92 Å². The Morgan fingerprint density at radius 3 is 2.66 bits per heavy atom. The highest BCUT2D eigenvalue weighted by molar-refractivity contribution is 5.94. The van der Waals surface area contributed by atoms with Crippen LogP contribution in [0, 0.1) is 11.7 Å². The predicted octanol–water partition coefficient (Wildman–Crippen LogP) is 3.18. The second-order valence-corrected chi connectivity index (χ2v) is 8.55. The molecule has 29 heavy (non-hydrogen) atoms. The minimum Gasteiger partial charge on any atom is -0.481 e. The van der Waals surface area contributed by atoms with Gasteiger partial charge in [-0.05, 0) is 87.2 Å². The molecule has 1 saturated heterocycles. The lowest BCUT2D eigenvalue weighted by Crippen LogP contribution is -2.41. The first-order chi connectivity index (χ1) is 14.0. The predicted molar refractivity (Wildman–Crippen MR) is 109 cm³/mol. The van der Waals surface area contributed by atoms with E-state index in [0.29, 0.717) is 31.1 Å². The summed E-state index contributed by atoms with van der Waals surface area (Å²) in [5.74, 6) is -0.490. The summed E-state index contributed by atoms with van der Waals surface area (Å²) in [6.07, 6.45) is 6.22. The first-order valence-electron chi connectivity index (χ1n) is 10.8. The molecule has 0 bridgehead atoms. The highest BCUT2D eigenvalue weighted by Crippen LogP contribution is 2.34. The Labute approximate surface area is 171 Å². The number of carboxylic acid groups (broad SMARTS) is 1. The molecule has 158 valence electrons. The van der Waals surface area contributed by atoms with Crippen LogP contribution >= 0.6 is 0 Å². The zero-order valence-corrected chi connectivity index (χ0v) is 16.8. The van der Waals surface area contributed by atoms with Crippen LogP contribution < -0.4 is 10.2 Å². The van der Waals surface area contributed by atoms with Gasteiger partial charge in [-0.3, -0.25) is 9.69 Å². The van der Waals surface area contributed by atoms with Gasteiger partial charge in [0.25, 0.3) is 0 Å². The Hall–Kier alpha value is -2.15. The minimum absolute atomic E-state index is 0.0231. The van der Waals surface area contributed by atoms with Gasteiger partial charge in [0, 0.05) is 31.2 Å². The Bertz CT molecular complexity index is 777. The number of nitrogens with one attached hydrogen (secondary N) is 1. The minimum atomic E-state index is -0.735. The van der Waals surface area contributed by atoms with E-state index in [1.807, 2.05) is 11.0 Å². The molecule has 0 aromatic heterocycles. The van der Waals surface area contributed by atoms with Gasteiger partial charge in [-0.2, -0.15) is 0 Å². The molecule has 1 saturated carbocycles. The van der Waals surface area contributed by atoms with E-state index in [1.54, 1.807) is 4.90 Å². The van der Waals surface area contributed by atoms with Gasteiger partial charge < -0.3 is 15.3 Å². The SMILES string of the molecule is O=C(O)CCC1CCC(N2CCN(c3cc(F)c4c(c3)CCNCC4)C2=O)CC1. The van der Waals surface area contributed by atoms with Gasteiger partial charge in [-0.25, -0.2) is 9.18 Å². The van der Waals surface area contributed by atoms with Gasteiger partial charge >= 0.3 is 12.0 Å². The van der Waals surface area contributed by atoms with Crippen molar-refractivity contribution in [3.63, 3.8) is 0 Å². The highest BCUT2D eigenvalue weighted by Gasteiger charge is 2.36. The van der Waals surface area contributed by atoms with Crippen LogP contribution in [-0.2, 0) is 17.6 Å². The molecule has 6 nitrogen and oxygen atoms in total. The Balaban J connectivity index is 1.40. The second-order valence-electron chi connectivity index (χ2n) is 8.55. The van der Waals surface area contributed by atoms with E-state index in [2.05, 4.69) is 5.32 Å². The Morgan fingerprint density at radius 2 is 1.90 bits per heavy atom. The molecule has 0 unspecified atom stereocenters. The van der Waals surface area contributed by atoms with E-state index >= 15 is 0 Å². The van der Waals surface area contributed by atoms with E-state index in [9.17, 15) is 14.0 Å². The summed E-state index contributed by atoms with van der Waals surface area (Å²) in [6, 6.07) is 3.71. The number of amides is 2. The third-order valence-corrected chi connectivity index (χ3v) is 6.77. The number of aliphatic carboxylic acids is 1. The molecule has 0 atom stereocenters. The largest absolute Gasteiger partial charge is 0.481 e. The summed E-state index contributed by atoms with van der Waals surface area (Å²) >= 11 is 0. The summed E-state index contributed by atoms with van der Waals surface area (Å²) in [4.78, 5) is 27.5. The lowest BCUT2D eigenvalue weighted by Gasteiger charge is -2.34. The van der Waals surface area contributed by atoms with Crippen LogP contribution in [-0.4, -0.2) is 54.2 Å². The number of rotatable bonds is 5. The van der Waals surface area contributed by atoms with Gasteiger partial charge in [-0.1, -0.05) is 0 Å². The lowest BCUT2D eigenvalue weighted by molar-refractivity contribution is -0.137. The molecule has 2 amide bonds. The molecule has 2 heterocycles. The van der Waals surface area contributed by atoms with Crippen LogP contribution in [0.15, 0.2) is 12.1 Å². The molecule has 4 rings (SSSR count). The van der Waals surface area contributed by atoms with E-state index in [1.165, 1.54) is 6.07 Å². The number of hydrogen-bond acceptors (Lipinski definition) is 3. The highest BCUT2D eigenvalue weighted by atomic mass is 19.1. The van der Waals surface area contributed by atoms with Crippen LogP contribution in [0.5, 0.6) is 0 Å². The maximum Gasteiger partial charge on any atom is 0.324 e.